The van der Waals surface area contributed by atoms with Gasteiger partial charge < -0.3 is 0 Å². The Kier molecular flexibility index (Phi) is 13.8. The van der Waals surface area contributed by atoms with Gasteiger partial charge in [0.1, 0.15) is 0 Å². The van der Waals surface area contributed by atoms with Crippen LogP contribution in [0.5, 0.6) is 0 Å². The highest BCUT2D eigenvalue weighted by atomic mass is 17.5. The quantitative estimate of drug-likeness (QED) is 0.281. The summed E-state index contributed by atoms with van der Waals surface area (Å²) in [4.78, 5) is 9.38. The summed E-state index contributed by atoms with van der Waals surface area (Å²) in [6.07, 6.45) is 10.4. The molecule has 0 atom stereocenters. The van der Waals surface area contributed by atoms with Crippen molar-refractivity contribution in [3.05, 3.63) is 0 Å². The van der Waals surface area contributed by atoms with E-state index < -0.39 is 0 Å². The minimum Gasteiger partial charge on any atom is -0.206 e. The van der Waals surface area contributed by atoms with Crippen LogP contribution >= 0.6 is 0 Å². The fourth-order valence-electron chi connectivity index (χ4n) is 1.41. The first-order valence-corrected chi connectivity index (χ1v) is 6.32. The Hall–Kier alpha value is -0.120. The Morgan fingerprint density at radius 2 is 1.27 bits per heavy atom. The molecule has 3 nitrogen and oxygen atoms in total. The van der Waals surface area contributed by atoms with Crippen LogP contribution in [0.1, 0.15) is 65.2 Å². The number of hydrogen-bond acceptors (Lipinski definition) is 3. The van der Waals surface area contributed by atoms with Crippen LogP contribution in [0.3, 0.4) is 0 Å². The van der Waals surface area contributed by atoms with Gasteiger partial charge in [-0.2, -0.15) is 0 Å². The van der Waals surface area contributed by atoms with E-state index in [0.29, 0.717) is 13.2 Å². The molecule has 0 saturated carbocycles. The molecule has 0 aromatic heterocycles. The Balaban J connectivity index is 2.81. The molecule has 0 aliphatic carbocycles. The predicted molar refractivity (Wildman–Crippen MR) is 61.3 cm³/mol. The summed E-state index contributed by atoms with van der Waals surface area (Å²) in [6, 6.07) is 0. The van der Waals surface area contributed by atoms with Gasteiger partial charge in [-0.1, -0.05) is 56.9 Å². The zero-order valence-corrected chi connectivity index (χ0v) is 10.3. The Bertz CT molecular complexity index is 95.0. The third-order valence-corrected chi connectivity index (χ3v) is 2.30. The predicted octanol–water partition coefficient (Wildman–Crippen LogP) is 4.03. The molecule has 0 rings (SSSR count). The van der Waals surface area contributed by atoms with Gasteiger partial charge in [0.2, 0.25) is 0 Å². The monoisotopic (exact) mass is 218 g/mol. The van der Waals surface area contributed by atoms with E-state index >= 15 is 0 Å². The van der Waals surface area contributed by atoms with Crippen LogP contribution in [0.2, 0.25) is 0 Å². The smallest absolute Gasteiger partial charge is 0.0853 e. The molecule has 0 heterocycles. The molecule has 0 aromatic carbocycles. The van der Waals surface area contributed by atoms with Crippen molar-refractivity contribution in [2.45, 2.75) is 65.2 Å². The van der Waals surface area contributed by atoms with Crippen LogP contribution in [0.4, 0.5) is 0 Å². The van der Waals surface area contributed by atoms with Crippen molar-refractivity contribution in [2.24, 2.45) is 0 Å². The van der Waals surface area contributed by atoms with Gasteiger partial charge in [0.15, 0.2) is 0 Å². The fourth-order valence-corrected chi connectivity index (χ4v) is 1.41. The lowest BCUT2D eigenvalue weighted by molar-refractivity contribution is -0.511. The van der Waals surface area contributed by atoms with E-state index in [1.807, 2.05) is 6.92 Å². The third kappa shape index (κ3) is 13.9. The number of rotatable bonds is 12. The second kappa shape index (κ2) is 13.9. The first kappa shape index (κ1) is 14.9. The van der Waals surface area contributed by atoms with Crippen molar-refractivity contribution in [1.29, 1.82) is 0 Å². The number of hydrogen-bond donors (Lipinski definition) is 0. The standard InChI is InChI=1S/C12H26O3/c1-3-5-6-7-8-9-10-11-12-14-15-13-4-2/h3-12H2,1-2H3. The minimum atomic E-state index is 0.525. The highest BCUT2D eigenvalue weighted by Crippen LogP contribution is 2.08. The van der Waals surface area contributed by atoms with Gasteiger partial charge in [0, 0.05) is 0 Å². The van der Waals surface area contributed by atoms with E-state index in [1.165, 1.54) is 44.9 Å². The Labute approximate surface area is 94.0 Å². The van der Waals surface area contributed by atoms with Gasteiger partial charge in [0.05, 0.1) is 13.2 Å². The van der Waals surface area contributed by atoms with Crippen LogP contribution in [-0.4, -0.2) is 13.2 Å². The van der Waals surface area contributed by atoms with Crippen molar-refractivity contribution < 1.29 is 14.8 Å². The summed E-state index contributed by atoms with van der Waals surface area (Å²) >= 11 is 0. The van der Waals surface area contributed by atoms with Crippen LogP contribution in [0.25, 0.3) is 0 Å². The maximum atomic E-state index is 4.80. The van der Waals surface area contributed by atoms with Crippen molar-refractivity contribution in [1.82, 2.24) is 0 Å². The molecule has 3 heteroatoms. The van der Waals surface area contributed by atoms with E-state index in [0.717, 1.165) is 6.42 Å². The number of unbranched alkanes of at least 4 members (excludes halogenated alkanes) is 7. The van der Waals surface area contributed by atoms with Gasteiger partial charge in [0.25, 0.3) is 0 Å². The molecule has 92 valence electrons. The highest BCUT2D eigenvalue weighted by molar-refractivity contribution is 4.44. The van der Waals surface area contributed by atoms with Gasteiger partial charge in [-0.05, 0) is 13.3 Å². The van der Waals surface area contributed by atoms with Gasteiger partial charge in [-0.25, -0.2) is 9.78 Å². The summed E-state index contributed by atoms with van der Waals surface area (Å²) in [6.45, 7) is 5.27. The lowest BCUT2D eigenvalue weighted by Gasteiger charge is -2.02. The second-order valence-electron chi connectivity index (χ2n) is 3.77. The molecule has 0 N–H and O–H groups in total. The zero-order chi connectivity index (χ0) is 11.2. The average molecular weight is 218 g/mol. The second-order valence-corrected chi connectivity index (χ2v) is 3.77. The summed E-state index contributed by atoms with van der Waals surface area (Å²) in [5.74, 6) is 0. The largest absolute Gasteiger partial charge is 0.206 e. The van der Waals surface area contributed by atoms with Crippen LogP contribution in [0, 0.1) is 0 Å². The Morgan fingerprint density at radius 3 is 1.87 bits per heavy atom. The molecule has 0 fully saturated rings. The van der Waals surface area contributed by atoms with E-state index in [-0.39, 0.29) is 0 Å². The molecule has 0 radical (unpaired) electrons. The highest BCUT2D eigenvalue weighted by Gasteiger charge is 1.92. The van der Waals surface area contributed by atoms with Crippen molar-refractivity contribution in [3.63, 3.8) is 0 Å². The fraction of sp³-hybridized carbons (Fsp3) is 1.00. The summed E-state index contributed by atoms with van der Waals surface area (Å²) in [5, 5.41) is 4.44. The van der Waals surface area contributed by atoms with Gasteiger partial charge >= 0.3 is 0 Å². The molecule has 0 amide bonds. The van der Waals surface area contributed by atoms with E-state index in [4.69, 9.17) is 4.89 Å². The normalized spacial score (nSPS) is 10.8. The van der Waals surface area contributed by atoms with Crippen LogP contribution in [0.15, 0.2) is 0 Å². The molecule has 0 bridgehead atoms. The summed E-state index contributed by atoms with van der Waals surface area (Å²) in [7, 11) is 0. The summed E-state index contributed by atoms with van der Waals surface area (Å²) < 4.78 is 0. The molecule has 0 aromatic rings. The van der Waals surface area contributed by atoms with Crippen molar-refractivity contribution in [2.75, 3.05) is 13.2 Å². The van der Waals surface area contributed by atoms with E-state index in [2.05, 4.69) is 16.8 Å². The van der Waals surface area contributed by atoms with Crippen LogP contribution in [-0.2, 0) is 14.8 Å². The molecule has 0 aliphatic rings. The molecule has 0 aliphatic heterocycles. The third-order valence-electron chi connectivity index (χ3n) is 2.30. The molecule has 0 spiro atoms. The maximum absolute atomic E-state index is 4.80. The van der Waals surface area contributed by atoms with Crippen molar-refractivity contribution in [3.8, 4) is 0 Å². The SMILES string of the molecule is CCCCCCCCCCOOOCC. The Morgan fingerprint density at radius 1 is 0.667 bits per heavy atom. The zero-order valence-electron chi connectivity index (χ0n) is 10.3. The van der Waals surface area contributed by atoms with E-state index in [1.54, 1.807) is 0 Å². The lowest BCUT2D eigenvalue weighted by Crippen LogP contribution is -1.98. The minimum absolute atomic E-state index is 0.525. The first-order valence-electron chi connectivity index (χ1n) is 6.32. The molecule has 15 heavy (non-hydrogen) atoms. The molecular weight excluding hydrogens is 192 g/mol. The topological polar surface area (TPSA) is 27.7 Å². The molecule has 0 unspecified atom stereocenters. The molecular formula is C12H26O3. The average Bonchev–Trinajstić information content (AvgIpc) is 2.26. The lowest BCUT2D eigenvalue weighted by atomic mass is 10.1. The van der Waals surface area contributed by atoms with Crippen molar-refractivity contribution >= 4 is 0 Å². The van der Waals surface area contributed by atoms with E-state index in [9.17, 15) is 0 Å². The molecule has 0 saturated heterocycles. The van der Waals surface area contributed by atoms with Gasteiger partial charge in [-0.15, -0.1) is 0 Å². The summed E-state index contributed by atoms with van der Waals surface area (Å²) in [5.41, 5.74) is 0. The first-order chi connectivity index (χ1) is 7.41. The van der Waals surface area contributed by atoms with Crippen LogP contribution < -0.4 is 0 Å². The van der Waals surface area contributed by atoms with Gasteiger partial charge in [-0.3, -0.25) is 0 Å². The maximum Gasteiger partial charge on any atom is 0.0853 e.